The average molecular weight is 499 g/mol. The molecule has 0 radical (unpaired) electrons. The quantitative estimate of drug-likeness (QED) is 0.503. The lowest BCUT2D eigenvalue weighted by atomic mass is 9.95. The van der Waals surface area contributed by atoms with Crippen LogP contribution >= 0.6 is 0 Å². The summed E-state index contributed by atoms with van der Waals surface area (Å²) in [5, 5.41) is 17.9. The summed E-state index contributed by atoms with van der Waals surface area (Å²) in [5.74, 6) is -6.53. The molecule has 3 saturated heterocycles. The monoisotopic (exact) mass is 499 g/mol. The van der Waals surface area contributed by atoms with E-state index in [0.29, 0.717) is 19.3 Å². The number of benzene rings is 1. The zero-order valence-electron chi connectivity index (χ0n) is 18.9. The minimum Gasteiger partial charge on any atom is -0.479 e. The van der Waals surface area contributed by atoms with E-state index in [1.54, 1.807) is 13.8 Å². The summed E-state index contributed by atoms with van der Waals surface area (Å²) in [6.07, 6.45) is -1.55. The Hall–Kier alpha value is -2.58. The maximum absolute atomic E-state index is 13.8. The Morgan fingerprint density at radius 3 is 2.51 bits per heavy atom. The number of rotatable bonds is 3. The number of hydrogen-bond donors (Lipinski definition) is 1. The number of carbonyl (C=O) groups is 1. The van der Waals surface area contributed by atoms with Crippen molar-refractivity contribution < 1.29 is 47.1 Å². The number of carboxylic acids is 1. The van der Waals surface area contributed by atoms with Gasteiger partial charge in [0.1, 0.15) is 30.0 Å². The summed E-state index contributed by atoms with van der Waals surface area (Å²) in [4.78, 5) is 23.1. The van der Waals surface area contributed by atoms with Gasteiger partial charge in [-0.05, 0) is 45.2 Å². The molecule has 0 saturated carbocycles. The fraction of sp³-hybridized carbons (Fsp3) is 0.591. The molecule has 3 aliphatic heterocycles. The Morgan fingerprint density at radius 2 is 1.80 bits per heavy atom. The van der Waals surface area contributed by atoms with Crippen molar-refractivity contribution in [2.24, 2.45) is 0 Å². The van der Waals surface area contributed by atoms with E-state index >= 15 is 0 Å². The Labute approximate surface area is 197 Å². The number of ether oxygens (including phenoxy) is 3. The van der Waals surface area contributed by atoms with Gasteiger partial charge < -0.3 is 19.3 Å². The van der Waals surface area contributed by atoms with E-state index in [1.165, 1.54) is 10.9 Å². The fourth-order valence-electron chi connectivity index (χ4n) is 4.70. The minimum absolute atomic E-state index is 0.0228. The molecule has 3 fully saturated rings. The minimum atomic E-state index is -1.59. The number of carboxylic acid groups (broad SMARTS) is 1. The molecule has 1 aromatic carbocycles. The van der Waals surface area contributed by atoms with E-state index in [0.717, 1.165) is 12.1 Å². The molecule has 0 amide bonds. The average Bonchev–Trinajstić information content (AvgIpc) is 3.19. The van der Waals surface area contributed by atoms with Gasteiger partial charge in [-0.15, -0.1) is 5.10 Å². The fourth-order valence-corrected chi connectivity index (χ4v) is 4.70. The molecule has 13 heteroatoms. The van der Waals surface area contributed by atoms with E-state index in [2.05, 4.69) is 10.3 Å². The lowest BCUT2D eigenvalue weighted by molar-refractivity contribution is -0.413. The molecule has 3 aliphatic rings. The second-order valence-corrected chi connectivity index (χ2v) is 9.26. The van der Waals surface area contributed by atoms with Gasteiger partial charge in [0.25, 0.3) is 0 Å². The second-order valence-electron chi connectivity index (χ2n) is 9.26. The molecule has 6 atom stereocenters. The van der Waals surface area contributed by atoms with Gasteiger partial charge in [-0.25, -0.2) is 32.4 Å². The number of halogens is 3. The van der Waals surface area contributed by atoms with Gasteiger partial charge in [-0.3, -0.25) is 0 Å². The predicted molar refractivity (Wildman–Crippen MR) is 109 cm³/mol. The molecule has 0 spiro atoms. The van der Waals surface area contributed by atoms with Crippen LogP contribution in [0.15, 0.2) is 18.3 Å². The van der Waals surface area contributed by atoms with Crippen LogP contribution in [0.2, 0.25) is 0 Å². The Morgan fingerprint density at radius 1 is 1.11 bits per heavy atom. The lowest BCUT2D eigenvalue weighted by Gasteiger charge is -2.44. The summed E-state index contributed by atoms with van der Waals surface area (Å²) < 4.78 is 60.4. The van der Waals surface area contributed by atoms with Gasteiger partial charge in [-0.2, -0.15) is 0 Å². The van der Waals surface area contributed by atoms with Gasteiger partial charge in [0.15, 0.2) is 29.3 Å². The molecule has 1 unspecified atom stereocenters. The summed E-state index contributed by atoms with van der Waals surface area (Å²) >= 11 is 0. The first-order chi connectivity index (χ1) is 16.6. The molecule has 35 heavy (non-hydrogen) atoms. The van der Waals surface area contributed by atoms with Gasteiger partial charge in [-0.1, -0.05) is 5.21 Å². The van der Waals surface area contributed by atoms with E-state index < -0.39 is 65.8 Å². The third kappa shape index (κ3) is 4.66. The number of hydrogen-bond acceptors (Lipinski definition) is 8. The van der Waals surface area contributed by atoms with E-state index in [4.69, 9.17) is 24.0 Å². The standard InChI is InChI=1S/C22H24F3N3O7/c1-22(2)31-9-16-19(33-22)18(14-4-3-5-15(34-35-16)20(32-14)21(29)30)28-8-13(26-27-28)10-6-11(23)17(25)12(24)7-10/h6-8,14-16,18-20H,3-5,9H2,1-2H3,(H,29,30)/t14-,15?,16+,18+,19-,20+/m0/s1. The third-order valence-electron chi connectivity index (χ3n) is 6.38. The van der Waals surface area contributed by atoms with Crippen molar-refractivity contribution in [3.63, 3.8) is 0 Å². The van der Waals surface area contributed by atoms with Gasteiger partial charge in [0, 0.05) is 5.56 Å². The zero-order valence-corrected chi connectivity index (χ0v) is 18.9. The van der Waals surface area contributed by atoms with Crippen LogP contribution in [0.3, 0.4) is 0 Å². The maximum atomic E-state index is 13.8. The van der Waals surface area contributed by atoms with Crippen molar-refractivity contribution in [2.45, 2.75) is 75.5 Å². The van der Waals surface area contributed by atoms with Crippen LogP contribution in [0.5, 0.6) is 0 Å². The van der Waals surface area contributed by atoms with Crippen LogP contribution in [-0.2, 0) is 28.8 Å². The highest BCUT2D eigenvalue weighted by atomic mass is 19.2. The largest absolute Gasteiger partial charge is 0.479 e. The van der Waals surface area contributed by atoms with E-state index in [9.17, 15) is 23.1 Å². The molecule has 5 rings (SSSR count). The number of fused-ring (bicyclic) bond motifs is 4. The van der Waals surface area contributed by atoms with E-state index in [1.807, 2.05) is 0 Å². The summed E-state index contributed by atoms with van der Waals surface area (Å²) in [5.41, 5.74) is 0.0503. The summed E-state index contributed by atoms with van der Waals surface area (Å²) in [7, 11) is 0. The van der Waals surface area contributed by atoms with Crippen molar-refractivity contribution in [1.29, 1.82) is 0 Å². The van der Waals surface area contributed by atoms with Crippen LogP contribution in [-0.4, -0.2) is 69.0 Å². The topological polar surface area (TPSA) is 114 Å². The molecule has 2 bridgehead atoms. The van der Waals surface area contributed by atoms with E-state index in [-0.39, 0.29) is 17.9 Å². The Kier molecular flexibility index (Phi) is 6.30. The van der Waals surface area contributed by atoms with Crippen LogP contribution in [0.25, 0.3) is 11.3 Å². The molecule has 1 N–H and O–H groups in total. The van der Waals surface area contributed by atoms with Crippen LogP contribution in [0.1, 0.15) is 39.2 Å². The molecule has 1 aromatic heterocycles. The molecule has 2 aromatic rings. The first-order valence-electron chi connectivity index (χ1n) is 11.2. The molecule has 190 valence electrons. The molecule has 0 aliphatic carbocycles. The SMILES string of the molecule is CC1(C)OC[C@H]2OOC3CCC[C@H](O[C@H]3C(=O)O)[C@@H](n3cc(-c4cc(F)c(F)c(F)c4)nn3)[C@H]2O1. The first-order valence-corrected chi connectivity index (χ1v) is 11.2. The van der Waals surface area contributed by atoms with Crippen LogP contribution in [0.4, 0.5) is 13.2 Å². The molecular formula is C22H24F3N3O7. The highest BCUT2D eigenvalue weighted by molar-refractivity contribution is 5.73. The summed E-state index contributed by atoms with van der Waals surface area (Å²) in [6, 6.07) is 0.871. The molecule has 4 heterocycles. The second kappa shape index (κ2) is 9.13. The lowest BCUT2D eigenvalue weighted by Crippen LogP contribution is -2.55. The predicted octanol–water partition coefficient (Wildman–Crippen LogP) is 2.78. The maximum Gasteiger partial charge on any atom is 0.335 e. The molecular weight excluding hydrogens is 475 g/mol. The van der Waals surface area contributed by atoms with Crippen molar-refractivity contribution in [3.05, 3.63) is 35.8 Å². The summed E-state index contributed by atoms with van der Waals surface area (Å²) in [6.45, 7) is 3.52. The van der Waals surface area contributed by atoms with Crippen molar-refractivity contribution in [2.75, 3.05) is 6.61 Å². The Bertz CT molecular complexity index is 1090. The normalized spacial score (nSPS) is 32.7. The van der Waals surface area contributed by atoms with Gasteiger partial charge in [0.2, 0.25) is 0 Å². The van der Waals surface area contributed by atoms with Crippen molar-refractivity contribution in [1.82, 2.24) is 15.0 Å². The third-order valence-corrected chi connectivity index (χ3v) is 6.38. The van der Waals surface area contributed by atoms with Gasteiger partial charge in [0.05, 0.1) is 18.9 Å². The first kappa shape index (κ1) is 24.1. The number of aliphatic carboxylic acids is 1. The highest BCUT2D eigenvalue weighted by Crippen LogP contribution is 2.39. The highest BCUT2D eigenvalue weighted by Gasteiger charge is 2.50. The van der Waals surface area contributed by atoms with Crippen molar-refractivity contribution in [3.8, 4) is 11.3 Å². The zero-order chi connectivity index (χ0) is 24.9. The van der Waals surface area contributed by atoms with Gasteiger partial charge >= 0.3 is 5.97 Å². The van der Waals surface area contributed by atoms with Crippen LogP contribution in [0, 0.1) is 17.5 Å². The number of aromatic nitrogens is 3. The Balaban J connectivity index is 1.57. The molecule has 10 nitrogen and oxygen atoms in total. The smallest absolute Gasteiger partial charge is 0.335 e. The van der Waals surface area contributed by atoms with Crippen LogP contribution < -0.4 is 0 Å². The number of nitrogens with zero attached hydrogens (tertiary/aromatic N) is 3. The van der Waals surface area contributed by atoms with Crippen molar-refractivity contribution >= 4 is 5.97 Å².